The average Bonchev–Trinajstić information content (AvgIpc) is 1.52. The Morgan fingerprint density at radius 1 is 0.769 bits per heavy atom. The van der Waals surface area contributed by atoms with Gasteiger partial charge in [-0.2, -0.15) is 0 Å². The summed E-state index contributed by atoms with van der Waals surface area (Å²) < 4.78 is 89.9. The summed E-state index contributed by atoms with van der Waals surface area (Å²) in [6.07, 6.45) is 0. The Morgan fingerprint density at radius 2 is 0.846 bits per heavy atom. The summed E-state index contributed by atoms with van der Waals surface area (Å²) in [6, 6.07) is 0. The summed E-state index contributed by atoms with van der Waals surface area (Å²) >= 11 is -18.3. The van der Waals surface area contributed by atoms with Crippen LogP contribution in [0.15, 0.2) is 0 Å². The van der Waals surface area contributed by atoms with E-state index in [1.165, 1.54) is 0 Å². The van der Waals surface area contributed by atoms with Crippen LogP contribution < -0.4 is 0 Å². The van der Waals surface area contributed by atoms with Gasteiger partial charge in [-0.25, -0.2) is 0 Å². The zero-order valence-corrected chi connectivity index (χ0v) is 11.3. The van der Waals surface area contributed by atoms with Crippen molar-refractivity contribution in [2.45, 2.75) is 0 Å². The van der Waals surface area contributed by atoms with Gasteiger partial charge in [-0.1, -0.05) is 0 Å². The summed E-state index contributed by atoms with van der Waals surface area (Å²) in [5, 5.41) is 0. The van der Waals surface area contributed by atoms with Gasteiger partial charge in [0.25, 0.3) is 0 Å². The Morgan fingerprint density at radius 3 is 0.846 bits per heavy atom. The third-order valence-corrected chi connectivity index (χ3v) is 6.89. The first-order valence-electron chi connectivity index (χ1n) is 2.03. The molecule has 0 aliphatic rings. The second-order valence-corrected chi connectivity index (χ2v) is 19.1. The quantitative estimate of drug-likeness (QED) is 0.449. The molecule has 0 rings (SSSR count). The fraction of sp³-hybridized carbons (Fsp3) is 0. The molecule has 0 aliphatic heterocycles. The SMILES string of the molecule is [O]=[Ti](=[O])[W](=[O])(=[O])=[O].[O]=[V](=[O])(=[O])(=[O])=[O]. The normalized spacial score (nSPS) is 10.5. The van der Waals surface area contributed by atoms with E-state index in [0.717, 1.165) is 0 Å². The van der Waals surface area contributed by atoms with E-state index in [-0.39, 0.29) is 0 Å². The van der Waals surface area contributed by atoms with Crippen molar-refractivity contribution < 1.29 is 75.4 Å². The molecule has 0 atom stereocenters. The predicted molar refractivity (Wildman–Crippen MR) is 6.86 cm³/mol. The third kappa shape index (κ3) is 33.4. The molecule has 0 heterocycles. The Bertz CT molecular complexity index is 659. The van der Waals surface area contributed by atoms with E-state index < -0.39 is 40.2 Å². The van der Waals surface area contributed by atoms with Gasteiger partial charge in [0, 0.05) is 0 Å². The number of hydrogen-bond donors (Lipinski definition) is 0. The molecule has 13 heteroatoms. The summed E-state index contributed by atoms with van der Waals surface area (Å²) in [5.74, 6) is 0. The fourth-order valence-electron chi connectivity index (χ4n) is 0. The first kappa shape index (κ1) is 15.5. The average molecular weight is 443 g/mol. The molecule has 75 valence electrons. The molecular weight excluding hydrogens is 443 g/mol. The first-order chi connectivity index (χ1) is 5.18. The van der Waals surface area contributed by atoms with Crippen molar-refractivity contribution in [3.05, 3.63) is 0 Å². The molecule has 0 N–H and O–H groups in total. The van der Waals surface area contributed by atoms with Gasteiger partial charge in [0.15, 0.2) is 0 Å². The van der Waals surface area contributed by atoms with Gasteiger partial charge >= 0.3 is 75.4 Å². The standard InChI is InChI=1S/10O.Ti.V.W. The van der Waals surface area contributed by atoms with Crippen LogP contribution in [-0.4, -0.2) is 0 Å². The van der Waals surface area contributed by atoms with Crippen molar-refractivity contribution >= 4 is 0 Å². The van der Waals surface area contributed by atoms with Crippen LogP contribution in [0.1, 0.15) is 0 Å². The second kappa shape index (κ2) is 4.01. The first-order valence-corrected chi connectivity index (χ1v) is 16.4. The predicted octanol–water partition coefficient (Wildman–Crippen LogP) is -1.20. The molecule has 10 nitrogen and oxygen atoms in total. The molecule has 0 bridgehead atoms. The van der Waals surface area contributed by atoms with Crippen LogP contribution in [0.2, 0.25) is 0 Å². The Labute approximate surface area is 74.9 Å². The Kier molecular flexibility index (Phi) is 4.77. The van der Waals surface area contributed by atoms with E-state index in [1.54, 1.807) is 0 Å². The number of rotatable bonds is 1. The van der Waals surface area contributed by atoms with Gasteiger partial charge in [0.05, 0.1) is 0 Å². The van der Waals surface area contributed by atoms with Crippen molar-refractivity contribution in [2.75, 3.05) is 0 Å². The molecule has 0 radical (unpaired) electrons. The van der Waals surface area contributed by atoms with Crippen LogP contribution in [0, 0.1) is 0 Å². The van der Waals surface area contributed by atoms with Crippen molar-refractivity contribution in [3.63, 3.8) is 0 Å². The zero-order chi connectivity index (χ0) is 11.5. The van der Waals surface area contributed by atoms with Gasteiger partial charge in [0.2, 0.25) is 0 Å². The van der Waals surface area contributed by atoms with Crippen LogP contribution in [0.25, 0.3) is 0 Å². The fourth-order valence-corrected chi connectivity index (χ4v) is 0. The molecule has 13 heavy (non-hydrogen) atoms. The van der Waals surface area contributed by atoms with Crippen molar-refractivity contribution in [2.24, 2.45) is 0 Å². The van der Waals surface area contributed by atoms with Crippen LogP contribution in [0.3, 0.4) is 0 Å². The molecule has 0 fully saturated rings. The molecule has 0 unspecified atom stereocenters. The molecule has 0 aromatic rings. The summed E-state index contributed by atoms with van der Waals surface area (Å²) in [4.78, 5) is 0. The van der Waals surface area contributed by atoms with Crippen molar-refractivity contribution in [1.29, 1.82) is 0 Å². The van der Waals surface area contributed by atoms with Crippen molar-refractivity contribution in [1.82, 2.24) is 0 Å². The van der Waals surface area contributed by atoms with Gasteiger partial charge < -0.3 is 0 Å². The monoisotopic (exact) mass is 443 g/mol. The number of hydrogen-bond acceptors (Lipinski definition) is 10. The zero-order valence-electron chi connectivity index (χ0n) is 5.44. The molecule has 0 aliphatic carbocycles. The van der Waals surface area contributed by atoms with Crippen LogP contribution in [0.5, 0.6) is 0 Å². The van der Waals surface area contributed by atoms with Gasteiger partial charge in [-0.05, 0) is 0 Å². The maximum absolute atomic E-state index is 9.35. The minimum atomic E-state index is -7.74. The van der Waals surface area contributed by atoms with Crippen LogP contribution in [0.4, 0.5) is 0 Å². The molecule has 0 saturated carbocycles. The topological polar surface area (TPSA) is 171 Å². The van der Waals surface area contributed by atoms with Crippen molar-refractivity contribution in [3.8, 4) is 0 Å². The van der Waals surface area contributed by atoms with E-state index >= 15 is 0 Å². The van der Waals surface area contributed by atoms with E-state index in [9.17, 15) is 16.8 Å². The van der Waals surface area contributed by atoms with E-state index in [2.05, 4.69) is 0 Å². The minimum absolute atomic E-state index is 4.55. The molecule has 0 amide bonds. The second-order valence-electron chi connectivity index (χ2n) is 1.45. The Balaban J connectivity index is 0. The maximum atomic E-state index is 9.35. The van der Waals surface area contributed by atoms with E-state index in [0.29, 0.717) is 0 Å². The molecule has 0 spiro atoms. The van der Waals surface area contributed by atoms with Crippen LogP contribution in [-0.2, 0) is 75.4 Å². The molecule has 0 saturated heterocycles. The van der Waals surface area contributed by atoms with Crippen LogP contribution >= 0.6 is 0 Å². The summed E-state index contributed by atoms with van der Waals surface area (Å²) in [6.45, 7) is 0. The van der Waals surface area contributed by atoms with Gasteiger partial charge in [-0.3, -0.25) is 0 Å². The van der Waals surface area contributed by atoms with Gasteiger partial charge in [-0.15, -0.1) is 0 Å². The molecular formula is O10TiVW. The summed E-state index contributed by atoms with van der Waals surface area (Å²) in [5.41, 5.74) is 0. The van der Waals surface area contributed by atoms with E-state index in [1.807, 2.05) is 0 Å². The molecule has 0 aromatic carbocycles. The van der Waals surface area contributed by atoms with Gasteiger partial charge in [0.1, 0.15) is 0 Å². The molecule has 0 aromatic heterocycles. The Hall–Kier alpha value is -0.0130. The van der Waals surface area contributed by atoms with E-state index in [4.69, 9.17) is 18.4 Å². The summed E-state index contributed by atoms with van der Waals surface area (Å²) in [7, 11) is 0. The third-order valence-electron chi connectivity index (χ3n) is 0.204.